The number of unbranched alkanes of at least 4 members (excludes halogenated alkanes) is 25. The number of aliphatic hydroxyl groups is 5. The van der Waals surface area contributed by atoms with Crippen molar-refractivity contribution in [1.82, 2.24) is 39.2 Å². The fraction of sp³-hybridized carbons (Fsp3) is 0.924. The van der Waals surface area contributed by atoms with Crippen molar-refractivity contribution in [2.45, 2.75) is 271 Å². The Labute approximate surface area is 513 Å². The maximum atomic E-state index is 13.7. The number of aliphatic hydroxyl groups excluding tert-OH is 5. The lowest BCUT2D eigenvalue weighted by Gasteiger charge is -2.32. The smallest absolute Gasteiger partial charge is 0.252 e. The molecule has 0 rings (SSSR count). The van der Waals surface area contributed by atoms with Gasteiger partial charge in [0, 0.05) is 101 Å². The first-order valence-electron chi connectivity index (χ1n) is 34.1. The predicted octanol–water partition coefficient (Wildman–Crippen LogP) is 8.57. The third-order valence-electron chi connectivity index (χ3n) is 16.6. The standard InChI is InChI=1S/C66H132N8O10/c1-11-16-21-26-31-36-43-67(6)62(80)57(75)52-72(48-41-50-73(53-58(76)63(81)68(7)44-37-32-27-22-17-12-2)54-59(77)64(82)69(8)45-38-33-28-23-18-13-3)49-42-51-74(55-60(78)65(83)70(9)46-39-34-29-24-19-14-4)56-61(79)66(84)71(10)47-40-35-30-25-20-15-5/h57-61,75-79H,11-56H2,1-10H3. The van der Waals surface area contributed by atoms with Crippen LogP contribution < -0.4 is 0 Å². The maximum Gasteiger partial charge on any atom is 0.252 e. The first-order valence-corrected chi connectivity index (χ1v) is 34.1. The van der Waals surface area contributed by atoms with Gasteiger partial charge in [0.05, 0.1) is 0 Å². The number of amides is 5. The Kier molecular flexibility index (Phi) is 51.2. The lowest BCUT2D eigenvalue weighted by Crippen LogP contribution is -2.50. The van der Waals surface area contributed by atoms with E-state index in [1.54, 1.807) is 69.5 Å². The van der Waals surface area contributed by atoms with Gasteiger partial charge in [0.25, 0.3) is 29.5 Å². The van der Waals surface area contributed by atoms with E-state index in [0.29, 0.717) is 58.7 Å². The second-order valence-corrected chi connectivity index (χ2v) is 24.7. The molecular weight excluding hydrogens is 1060 g/mol. The molecule has 5 atom stereocenters. The zero-order chi connectivity index (χ0) is 62.9. The second kappa shape index (κ2) is 53.1. The molecule has 0 aromatic rings. The molecule has 0 spiro atoms. The van der Waals surface area contributed by atoms with Crippen LogP contribution in [-0.4, -0.2) is 252 Å². The van der Waals surface area contributed by atoms with E-state index in [-0.39, 0.29) is 45.8 Å². The van der Waals surface area contributed by atoms with Gasteiger partial charge in [0.1, 0.15) is 30.5 Å². The molecule has 0 aromatic heterocycles. The quantitative estimate of drug-likeness (QED) is 0.0362. The summed E-state index contributed by atoms with van der Waals surface area (Å²) >= 11 is 0. The summed E-state index contributed by atoms with van der Waals surface area (Å²) in [5.74, 6) is -2.12. The van der Waals surface area contributed by atoms with Gasteiger partial charge in [-0.05, 0) is 71.1 Å². The van der Waals surface area contributed by atoms with Gasteiger partial charge in [0.2, 0.25) is 0 Å². The first kappa shape index (κ1) is 81.0. The van der Waals surface area contributed by atoms with Crippen molar-refractivity contribution in [3.8, 4) is 0 Å². The van der Waals surface area contributed by atoms with Crippen LogP contribution >= 0.6 is 0 Å². The average molecular weight is 1200 g/mol. The molecule has 5 unspecified atom stereocenters. The Morgan fingerprint density at radius 3 is 0.571 bits per heavy atom. The Hall–Kier alpha value is -2.97. The molecule has 496 valence electrons. The number of likely N-dealkylation sites (N-methyl/N-ethyl adjacent to an activating group) is 5. The van der Waals surface area contributed by atoms with Crippen molar-refractivity contribution >= 4 is 29.5 Å². The fourth-order valence-corrected chi connectivity index (χ4v) is 10.9. The van der Waals surface area contributed by atoms with E-state index in [9.17, 15) is 49.5 Å². The van der Waals surface area contributed by atoms with Crippen LogP contribution in [0.4, 0.5) is 0 Å². The van der Waals surface area contributed by atoms with E-state index in [4.69, 9.17) is 0 Å². The molecule has 0 saturated carbocycles. The molecule has 0 aromatic carbocycles. The summed E-state index contributed by atoms with van der Waals surface area (Å²) in [5, 5.41) is 57.3. The number of hydrogen-bond acceptors (Lipinski definition) is 13. The fourth-order valence-electron chi connectivity index (χ4n) is 10.9. The van der Waals surface area contributed by atoms with Crippen molar-refractivity contribution < 1.29 is 49.5 Å². The second-order valence-electron chi connectivity index (χ2n) is 24.7. The van der Waals surface area contributed by atoms with Crippen LogP contribution in [0, 0.1) is 0 Å². The summed E-state index contributed by atoms with van der Waals surface area (Å²) in [6, 6.07) is 0. The summed E-state index contributed by atoms with van der Waals surface area (Å²) < 4.78 is 0. The van der Waals surface area contributed by atoms with Crippen LogP contribution in [0.25, 0.3) is 0 Å². The summed E-state index contributed by atoms with van der Waals surface area (Å²) in [4.78, 5) is 81.4. The lowest BCUT2D eigenvalue weighted by molar-refractivity contribution is -0.143. The monoisotopic (exact) mass is 1200 g/mol. The van der Waals surface area contributed by atoms with Gasteiger partial charge in [-0.3, -0.25) is 33.8 Å². The predicted molar refractivity (Wildman–Crippen MR) is 344 cm³/mol. The molecule has 0 saturated heterocycles. The molecule has 5 amide bonds. The molecule has 0 aliphatic heterocycles. The lowest BCUT2D eigenvalue weighted by atomic mass is 10.1. The number of rotatable bonds is 58. The Balaban J connectivity index is 6.70. The van der Waals surface area contributed by atoms with Gasteiger partial charge < -0.3 is 54.9 Å². The van der Waals surface area contributed by atoms with Gasteiger partial charge >= 0.3 is 0 Å². The van der Waals surface area contributed by atoms with Gasteiger partial charge in [-0.2, -0.15) is 0 Å². The maximum absolute atomic E-state index is 13.7. The van der Waals surface area contributed by atoms with Crippen molar-refractivity contribution in [3.63, 3.8) is 0 Å². The Morgan fingerprint density at radius 1 is 0.226 bits per heavy atom. The van der Waals surface area contributed by atoms with Crippen LogP contribution in [-0.2, 0) is 24.0 Å². The number of carbonyl (C=O) groups excluding carboxylic acids is 5. The topological polar surface area (TPSA) is 212 Å². The van der Waals surface area contributed by atoms with E-state index in [0.717, 1.165) is 161 Å². The van der Waals surface area contributed by atoms with Crippen molar-refractivity contribution in [2.24, 2.45) is 0 Å². The van der Waals surface area contributed by atoms with E-state index in [1.807, 2.05) is 4.90 Å². The molecule has 0 radical (unpaired) electrons. The largest absolute Gasteiger partial charge is 0.382 e. The highest BCUT2D eigenvalue weighted by atomic mass is 16.3. The third kappa shape index (κ3) is 40.5. The van der Waals surface area contributed by atoms with Crippen LogP contribution in [0.15, 0.2) is 0 Å². The van der Waals surface area contributed by atoms with Crippen molar-refractivity contribution in [1.29, 1.82) is 0 Å². The molecule has 5 N–H and O–H groups in total. The zero-order valence-corrected chi connectivity index (χ0v) is 55.8. The highest BCUT2D eigenvalue weighted by molar-refractivity contribution is 5.82. The zero-order valence-electron chi connectivity index (χ0n) is 55.8. The highest BCUT2D eigenvalue weighted by Crippen LogP contribution is 2.14. The highest BCUT2D eigenvalue weighted by Gasteiger charge is 2.30. The van der Waals surface area contributed by atoms with E-state index < -0.39 is 60.1 Å². The van der Waals surface area contributed by atoms with Crippen LogP contribution in [0.2, 0.25) is 0 Å². The summed E-state index contributed by atoms with van der Waals surface area (Å²) in [6.07, 6.45) is 25.7. The van der Waals surface area contributed by atoms with E-state index in [2.05, 4.69) is 34.6 Å². The normalized spacial score (nSPS) is 13.5. The first-order chi connectivity index (χ1) is 40.3. The number of carbonyl (C=O) groups is 5. The summed E-state index contributed by atoms with van der Waals surface area (Å²) in [6.45, 7) is 14.2. The molecule has 0 bridgehead atoms. The molecular formula is C66H132N8O10. The Bertz CT molecular complexity index is 1460. The van der Waals surface area contributed by atoms with E-state index in [1.165, 1.54) is 32.1 Å². The summed E-state index contributed by atoms with van der Waals surface area (Å²) in [7, 11) is 8.48. The number of hydrogen-bond donors (Lipinski definition) is 5. The van der Waals surface area contributed by atoms with Crippen LogP contribution in [0.5, 0.6) is 0 Å². The minimum Gasteiger partial charge on any atom is -0.382 e. The SMILES string of the molecule is CCCCCCCCN(C)C(=O)C(O)CN(CCCN(CC(O)C(=O)N(C)CCCCCCCC)CC(O)C(=O)N(C)CCCCCCCC)CCCN(CC(O)C(=O)N(C)CCCCCCCC)CC(O)C(=O)N(C)CCCCCCCC. The molecule has 0 aliphatic carbocycles. The minimum atomic E-state index is -1.41. The third-order valence-corrected chi connectivity index (χ3v) is 16.6. The van der Waals surface area contributed by atoms with Crippen LogP contribution in [0.1, 0.15) is 240 Å². The van der Waals surface area contributed by atoms with Gasteiger partial charge in [-0.25, -0.2) is 0 Å². The van der Waals surface area contributed by atoms with Crippen LogP contribution in [0.3, 0.4) is 0 Å². The molecule has 84 heavy (non-hydrogen) atoms. The van der Waals surface area contributed by atoms with Crippen molar-refractivity contribution in [2.75, 3.05) is 127 Å². The molecule has 18 nitrogen and oxygen atoms in total. The number of nitrogens with zero attached hydrogens (tertiary/aromatic N) is 8. The molecule has 18 heteroatoms. The van der Waals surface area contributed by atoms with Gasteiger partial charge in [0.15, 0.2) is 0 Å². The molecule has 0 fully saturated rings. The van der Waals surface area contributed by atoms with Gasteiger partial charge in [-0.1, -0.05) is 195 Å². The Morgan fingerprint density at radius 2 is 0.381 bits per heavy atom. The van der Waals surface area contributed by atoms with E-state index >= 15 is 0 Å². The van der Waals surface area contributed by atoms with Gasteiger partial charge in [-0.15, -0.1) is 0 Å². The summed E-state index contributed by atoms with van der Waals surface area (Å²) in [5.41, 5.74) is 0. The minimum absolute atomic E-state index is 0.0108. The molecule has 0 aliphatic rings. The molecule has 0 heterocycles. The average Bonchev–Trinajstić information content (AvgIpc) is 3.55. The van der Waals surface area contributed by atoms with Crippen molar-refractivity contribution in [3.05, 3.63) is 0 Å².